The molecule has 2 rings (SSSR count). The molecule has 1 aliphatic carbocycles. The van der Waals surface area contributed by atoms with E-state index in [1.165, 1.54) is 0 Å². The lowest BCUT2D eigenvalue weighted by molar-refractivity contribution is -0.143. The van der Waals surface area contributed by atoms with Crippen LogP contribution in [0.3, 0.4) is 0 Å². The van der Waals surface area contributed by atoms with Gasteiger partial charge in [-0.15, -0.1) is 0 Å². The van der Waals surface area contributed by atoms with Crippen LogP contribution >= 0.6 is 11.6 Å². The number of carboxylic acid groups (broad SMARTS) is 1. The molecular formula is C11H12ClNO2. The number of aryl methyl sites for hydroxylation is 1. The normalized spacial score (nSPS) is 24.7. The molecule has 0 saturated carbocycles. The molecule has 1 atom stereocenters. The Morgan fingerprint density at radius 3 is 2.93 bits per heavy atom. The number of fused-ring (bicyclic) bond motifs is 1. The molecule has 0 spiro atoms. The lowest BCUT2D eigenvalue weighted by atomic mass is 9.79. The van der Waals surface area contributed by atoms with Gasteiger partial charge in [0, 0.05) is 11.4 Å². The van der Waals surface area contributed by atoms with Gasteiger partial charge in [-0.2, -0.15) is 0 Å². The number of carboxylic acids is 1. The summed E-state index contributed by atoms with van der Waals surface area (Å²) >= 11 is 6.03. The van der Waals surface area contributed by atoms with Gasteiger partial charge in [0.15, 0.2) is 0 Å². The van der Waals surface area contributed by atoms with Gasteiger partial charge in [0.25, 0.3) is 0 Å². The smallest absolute Gasteiger partial charge is 0.324 e. The first-order valence-corrected chi connectivity index (χ1v) is 5.19. The molecule has 1 aliphatic rings. The Hall–Kier alpha value is -1.06. The lowest BCUT2D eigenvalue weighted by Crippen LogP contribution is -2.52. The molecule has 0 radical (unpaired) electrons. The van der Waals surface area contributed by atoms with E-state index in [0.717, 1.165) is 11.1 Å². The van der Waals surface area contributed by atoms with E-state index in [2.05, 4.69) is 0 Å². The third-order valence-corrected chi connectivity index (χ3v) is 3.33. The van der Waals surface area contributed by atoms with Crippen LogP contribution in [0.1, 0.15) is 17.5 Å². The highest BCUT2D eigenvalue weighted by molar-refractivity contribution is 6.31. The SMILES string of the molecule is NC1(C(=O)O)CCc2cccc(Cl)c2C1. The number of nitrogens with two attached hydrogens (primary N) is 1. The van der Waals surface area contributed by atoms with E-state index in [0.29, 0.717) is 24.3 Å². The molecule has 0 heterocycles. The maximum Gasteiger partial charge on any atom is 0.324 e. The van der Waals surface area contributed by atoms with E-state index < -0.39 is 11.5 Å². The summed E-state index contributed by atoms with van der Waals surface area (Å²) in [5, 5.41) is 9.66. The monoisotopic (exact) mass is 225 g/mol. The molecule has 0 aromatic heterocycles. The van der Waals surface area contributed by atoms with Crippen molar-refractivity contribution < 1.29 is 9.90 Å². The van der Waals surface area contributed by atoms with Crippen molar-refractivity contribution >= 4 is 17.6 Å². The second kappa shape index (κ2) is 3.51. The summed E-state index contributed by atoms with van der Waals surface area (Å²) in [5.74, 6) is -0.951. The fourth-order valence-electron chi connectivity index (χ4n) is 1.98. The molecule has 1 unspecified atom stereocenters. The molecule has 0 saturated heterocycles. The van der Waals surface area contributed by atoms with Crippen molar-refractivity contribution in [1.82, 2.24) is 0 Å². The van der Waals surface area contributed by atoms with E-state index in [-0.39, 0.29) is 0 Å². The van der Waals surface area contributed by atoms with Crippen LogP contribution in [0.5, 0.6) is 0 Å². The van der Waals surface area contributed by atoms with Gasteiger partial charge in [-0.3, -0.25) is 4.79 Å². The maximum atomic E-state index is 11.0. The van der Waals surface area contributed by atoms with Gasteiger partial charge in [-0.1, -0.05) is 23.7 Å². The van der Waals surface area contributed by atoms with Crippen molar-refractivity contribution in [2.75, 3.05) is 0 Å². The van der Waals surface area contributed by atoms with E-state index >= 15 is 0 Å². The van der Waals surface area contributed by atoms with Gasteiger partial charge < -0.3 is 10.8 Å². The summed E-state index contributed by atoms with van der Waals surface area (Å²) < 4.78 is 0. The third-order valence-electron chi connectivity index (χ3n) is 2.97. The molecule has 0 bridgehead atoms. The number of benzene rings is 1. The molecule has 0 amide bonds. The molecule has 3 N–H and O–H groups in total. The number of halogens is 1. The van der Waals surface area contributed by atoms with E-state index in [1.54, 1.807) is 6.07 Å². The standard InChI is InChI=1S/C11H12ClNO2/c12-9-3-1-2-7-4-5-11(13,10(14)15)6-8(7)9/h1-3H,4-6,13H2,(H,14,15). The average molecular weight is 226 g/mol. The molecule has 4 heteroatoms. The van der Waals surface area contributed by atoms with E-state index in [4.69, 9.17) is 22.4 Å². The summed E-state index contributed by atoms with van der Waals surface area (Å²) in [7, 11) is 0. The van der Waals surface area contributed by atoms with Crippen LogP contribution < -0.4 is 5.73 Å². The molecule has 15 heavy (non-hydrogen) atoms. The highest BCUT2D eigenvalue weighted by atomic mass is 35.5. The Bertz CT molecular complexity index is 419. The zero-order valence-corrected chi connectivity index (χ0v) is 8.92. The van der Waals surface area contributed by atoms with Gasteiger partial charge in [0.05, 0.1) is 0 Å². The highest BCUT2D eigenvalue weighted by Gasteiger charge is 2.38. The Balaban J connectivity index is 2.42. The van der Waals surface area contributed by atoms with Crippen LogP contribution in [0.15, 0.2) is 18.2 Å². The minimum atomic E-state index is -1.15. The first kappa shape index (κ1) is 10.5. The molecule has 0 fully saturated rings. The van der Waals surface area contributed by atoms with Crippen molar-refractivity contribution in [2.45, 2.75) is 24.8 Å². The van der Waals surface area contributed by atoms with Crippen molar-refractivity contribution in [2.24, 2.45) is 5.73 Å². The van der Waals surface area contributed by atoms with Crippen molar-refractivity contribution in [3.8, 4) is 0 Å². The average Bonchev–Trinajstić information content (AvgIpc) is 2.19. The molecule has 1 aromatic rings. The molecular weight excluding hydrogens is 214 g/mol. The van der Waals surface area contributed by atoms with Gasteiger partial charge in [-0.25, -0.2) is 0 Å². The molecule has 0 aliphatic heterocycles. The second-order valence-corrected chi connectivity index (χ2v) is 4.42. The van der Waals surface area contributed by atoms with Gasteiger partial charge >= 0.3 is 5.97 Å². The predicted molar refractivity (Wildman–Crippen MR) is 58.0 cm³/mol. The Morgan fingerprint density at radius 1 is 1.53 bits per heavy atom. The van der Waals surface area contributed by atoms with Gasteiger partial charge in [0.2, 0.25) is 0 Å². The molecule has 1 aromatic carbocycles. The van der Waals surface area contributed by atoms with Gasteiger partial charge in [0.1, 0.15) is 5.54 Å². The van der Waals surface area contributed by atoms with Crippen LogP contribution in [0, 0.1) is 0 Å². The first-order chi connectivity index (χ1) is 7.03. The third kappa shape index (κ3) is 1.73. The maximum absolute atomic E-state index is 11.0. The Morgan fingerprint density at radius 2 is 2.27 bits per heavy atom. The summed E-state index contributed by atoms with van der Waals surface area (Å²) in [4.78, 5) is 11.0. The van der Waals surface area contributed by atoms with Crippen molar-refractivity contribution in [3.05, 3.63) is 34.3 Å². The minimum absolute atomic E-state index is 0.317. The first-order valence-electron chi connectivity index (χ1n) is 4.81. The quantitative estimate of drug-likeness (QED) is 0.763. The second-order valence-electron chi connectivity index (χ2n) is 4.02. The van der Waals surface area contributed by atoms with E-state index in [1.807, 2.05) is 12.1 Å². The molecule has 3 nitrogen and oxygen atoms in total. The number of aliphatic carboxylic acids is 1. The topological polar surface area (TPSA) is 63.3 Å². The zero-order valence-electron chi connectivity index (χ0n) is 8.16. The largest absolute Gasteiger partial charge is 0.480 e. The minimum Gasteiger partial charge on any atom is -0.480 e. The number of carbonyl (C=O) groups is 1. The fourth-order valence-corrected chi connectivity index (χ4v) is 2.24. The summed E-state index contributed by atoms with van der Waals surface area (Å²) in [5.41, 5.74) is 6.67. The van der Waals surface area contributed by atoms with Gasteiger partial charge in [-0.05, 0) is 30.0 Å². The Labute approximate surface area is 92.8 Å². The van der Waals surface area contributed by atoms with Crippen LogP contribution in [-0.4, -0.2) is 16.6 Å². The fraction of sp³-hybridized carbons (Fsp3) is 0.364. The number of hydrogen-bond acceptors (Lipinski definition) is 2. The number of rotatable bonds is 1. The van der Waals surface area contributed by atoms with E-state index in [9.17, 15) is 4.79 Å². The van der Waals surface area contributed by atoms with Crippen LogP contribution in [0.2, 0.25) is 5.02 Å². The highest BCUT2D eigenvalue weighted by Crippen LogP contribution is 2.31. The number of hydrogen-bond donors (Lipinski definition) is 2. The van der Waals surface area contributed by atoms with Crippen LogP contribution in [0.25, 0.3) is 0 Å². The lowest BCUT2D eigenvalue weighted by Gasteiger charge is -2.31. The molecule has 80 valence electrons. The summed E-state index contributed by atoms with van der Waals surface area (Å²) in [6.07, 6.45) is 1.46. The van der Waals surface area contributed by atoms with Crippen LogP contribution in [0.4, 0.5) is 0 Å². The predicted octanol–water partition coefficient (Wildman–Crippen LogP) is 1.61. The Kier molecular flexibility index (Phi) is 2.44. The van der Waals surface area contributed by atoms with Crippen LogP contribution in [-0.2, 0) is 17.6 Å². The zero-order chi connectivity index (χ0) is 11.1. The summed E-state index contributed by atoms with van der Waals surface area (Å²) in [6, 6.07) is 5.63. The summed E-state index contributed by atoms with van der Waals surface area (Å²) in [6.45, 7) is 0. The van der Waals surface area contributed by atoms with Crippen molar-refractivity contribution in [3.63, 3.8) is 0 Å². The van der Waals surface area contributed by atoms with Crippen molar-refractivity contribution in [1.29, 1.82) is 0 Å².